The van der Waals surface area contributed by atoms with Crippen LogP contribution < -0.4 is 0 Å². The van der Waals surface area contributed by atoms with Gasteiger partial charge in [0.1, 0.15) is 0 Å². The highest BCUT2D eigenvalue weighted by molar-refractivity contribution is 5.08. The van der Waals surface area contributed by atoms with E-state index in [2.05, 4.69) is 13.8 Å². The summed E-state index contributed by atoms with van der Waals surface area (Å²) in [4.78, 5) is 0. The van der Waals surface area contributed by atoms with Crippen LogP contribution in [0.4, 0.5) is 0 Å². The van der Waals surface area contributed by atoms with Gasteiger partial charge in [-0.1, -0.05) is 26.0 Å². The fourth-order valence-electron chi connectivity index (χ4n) is 1.88. The van der Waals surface area contributed by atoms with Gasteiger partial charge >= 0.3 is 0 Å². The van der Waals surface area contributed by atoms with E-state index in [9.17, 15) is 10.2 Å². The quantitative estimate of drug-likeness (QED) is 0.641. The Kier molecular flexibility index (Phi) is 3.14. The molecule has 3 atom stereocenters. The molecule has 0 saturated heterocycles. The second-order valence-electron chi connectivity index (χ2n) is 4.78. The Balaban J connectivity index is 2.60. The lowest BCUT2D eigenvalue weighted by molar-refractivity contribution is 0.00732. The molecule has 0 aromatic carbocycles. The number of hydrogen-bond acceptors (Lipinski definition) is 2. The van der Waals surface area contributed by atoms with Crippen molar-refractivity contribution in [1.82, 2.24) is 0 Å². The normalized spacial score (nSPS) is 39.8. The summed E-state index contributed by atoms with van der Waals surface area (Å²) in [6, 6.07) is 0. The van der Waals surface area contributed by atoms with Crippen LogP contribution >= 0.6 is 0 Å². The Labute approximate surface area is 80.3 Å². The maximum atomic E-state index is 9.74. The predicted molar refractivity (Wildman–Crippen MR) is 53.3 cm³/mol. The van der Waals surface area contributed by atoms with E-state index in [0.29, 0.717) is 12.3 Å². The van der Waals surface area contributed by atoms with Gasteiger partial charge < -0.3 is 10.2 Å². The molecule has 0 spiro atoms. The van der Waals surface area contributed by atoms with Crippen molar-refractivity contribution in [2.75, 3.05) is 0 Å². The number of aliphatic hydroxyl groups is 2. The molecule has 13 heavy (non-hydrogen) atoms. The first-order valence-corrected chi connectivity index (χ1v) is 5.00. The Morgan fingerprint density at radius 3 is 2.62 bits per heavy atom. The van der Waals surface area contributed by atoms with Gasteiger partial charge in [-0.25, -0.2) is 0 Å². The second-order valence-corrected chi connectivity index (χ2v) is 4.78. The van der Waals surface area contributed by atoms with Gasteiger partial charge in [-0.05, 0) is 19.3 Å². The van der Waals surface area contributed by atoms with Crippen LogP contribution in [0.25, 0.3) is 0 Å². The third kappa shape index (κ3) is 3.12. The van der Waals surface area contributed by atoms with Crippen molar-refractivity contribution in [3.05, 3.63) is 12.2 Å². The van der Waals surface area contributed by atoms with Crippen LogP contribution in [0.5, 0.6) is 0 Å². The summed E-state index contributed by atoms with van der Waals surface area (Å²) in [7, 11) is 0. The van der Waals surface area contributed by atoms with Crippen molar-refractivity contribution in [3.63, 3.8) is 0 Å². The smallest absolute Gasteiger partial charge is 0.0824 e. The van der Waals surface area contributed by atoms with Crippen molar-refractivity contribution in [1.29, 1.82) is 0 Å². The van der Waals surface area contributed by atoms with Crippen molar-refractivity contribution < 1.29 is 10.2 Å². The molecule has 1 rings (SSSR count). The first kappa shape index (κ1) is 10.7. The van der Waals surface area contributed by atoms with Gasteiger partial charge in [0.25, 0.3) is 0 Å². The maximum Gasteiger partial charge on any atom is 0.0824 e. The highest BCUT2D eigenvalue weighted by Gasteiger charge is 2.30. The molecule has 1 aliphatic rings. The van der Waals surface area contributed by atoms with Gasteiger partial charge in [0, 0.05) is 12.3 Å². The van der Waals surface area contributed by atoms with E-state index in [1.807, 2.05) is 12.2 Å². The minimum absolute atomic E-state index is 0.222. The van der Waals surface area contributed by atoms with Crippen LogP contribution in [0, 0.1) is 11.8 Å². The zero-order valence-electron chi connectivity index (χ0n) is 8.70. The van der Waals surface area contributed by atoms with Crippen LogP contribution in [-0.4, -0.2) is 21.9 Å². The van der Waals surface area contributed by atoms with Crippen molar-refractivity contribution in [2.24, 2.45) is 11.8 Å². The zero-order chi connectivity index (χ0) is 10.1. The van der Waals surface area contributed by atoms with E-state index in [-0.39, 0.29) is 12.0 Å². The largest absolute Gasteiger partial charge is 0.392 e. The van der Waals surface area contributed by atoms with Crippen molar-refractivity contribution in [3.8, 4) is 0 Å². The van der Waals surface area contributed by atoms with Gasteiger partial charge in [-0.3, -0.25) is 0 Å². The monoisotopic (exact) mass is 184 g/mol. The first-order chi connectivity index (χ1) is 5.91. The number of rotatable bonds is 2. The fourth-order valence-corrected chi connectivity index (χ4v) is 1.88. The van der Waals surface area contributed by atoms with E-state index < -0.39 is 5.60 Å². The second kappa shape index (κ2) is 3.81. The van der Waals surface area contributed by atoms with Gasteiger partial charge in [0.15, 0.2) is 0 Å². The number of hydrogen-bond donors (Lipinski definition) is 2. The van der Waals surface area contributed by atoms with Crippen LogP contribution in [0.3, 0.4) is 0 Å². The Morgan fingerprint density at radius 1 is 1.54 bits per heavy atom. The average molecular weight is 184 g/mol. The molecule has 0 aromatic rings. The lowest BCUT2D eigenvalue weighted by atomic mass is 9.80. The van der Waals surface area contributed by atoms with Gasteiger partial charge in [0.05, 0.1) is 11.7 Å². The van der Waals surface area contributed by atoms with E-state index in [1.54, 1.807) is 6.92 Å². The maximum absolute atomic E-state index is 9.74. The minimum Gasteiger partial charge on any atom is -0.392 e. The zero-order valence-corrected chi connectivity index (χ0v) is 8.70. The lowest BCUT2D eigenvalue weighted by Crippen LogP contribution is -2.36. The molecule has 0 heterocycles. The molecule has 2 heteroatoms. The SMILES string of the molecule is CC(C)C[C@H]1C=C[C@](C)(O)C[C@H]1O. The summed E-state index contributed by atoms with van der Waals surface area (Å²) in [5.41, 5.74) is -0.813. The summed E-state index contributed by atoms with van der Waals surface area (Å²) < 4.78 is 0. The molecule has 76 valence electrons. The topological polar surface area (TPSA) is 40.5 Å². The predicted octanol–water partition coefficient (Wildman–Crippen LogP) is 1.72. The Hall–Kier alpha value is -0.340. The van der Waals surface area contributed by atoms with Gasteiger partial charge in [0.2, 0.25) is 0 Å². The summed E-state index contributed by atoms with van der Waals surface area (Å²) in [6.45, 7) is 6.03. The highest BCUT2D eigenvalue weighted by atomic mass is 16.3. The molecule has 0 amide bonds. The summed E-state index contributed by atoms with van der Waals surface area (Å²) >= 11 is 0. The van der Waals surface area contributed by atoms with Crippen molar-refractivity contribution >= 4 is 0 Å². The molecule has 0 bridgehead atoms. The van der Waals surface area contributed by atoms with Crippen LogP contribution in [-0.2, 0) is 0 Å². The molecular formula is C11H20O2. The standard InChI is InChI=1S/C11H20O2/c1-8(2)6-9-4-5-11(3,13)7-10(9)12/h4-5,8-10,12-13H,6-7H2,1-3H3/t9-,10-,11+/m1/s1. The van der Waals surface area contributed by atoms with E-state index in [0.717, 1.165) is 6.42 Å². The molecule has 0 aliphatic heterocycles. The molecule has 1 aliphatic carbocycles. The third-order valence-corrected chi connectivity index (χ3v) is 2.56. The van der Waals surface area contributed by atoms with E-state index in [1.165, 1.54) is 0 Å². The van der Waals surface area contributed by atoms with Crippen molar-refractivity contribution in [2.45, 2.75) is 45.3 Å². The van der Waals surface area contributed by atoms with Crippen LogP contribution in [0.15, 0.2) is 12.2 Å². The number of aliphatic hydroxyl groups excluding tert-OH is 1. The molecule has 0 fully saturated rings. The highest BCUT2D eigenvalue weighted by Crippen LogP contribution is 2.29. The average Bonchev–Trinajstić information content (AvgIpc) is 1.93. The Bertz CT molecular complexity index is 194. The van der Waals surface area contributed by atoms with E-state index in [4.69, 9.17) is 0 Å². The molecule has 0 aromatic heterocycles. The fraction of sp³-hybridized carbons (Fsp3) is 0.818. The Morgan fingerprint density at radius 2 is 2.15 bits per heavy atom. The first-order valence-electron chi connectivity index (χ1n) is 5.00. The third-order valence-electron chi connectivity index (χ3n) is 2.56. The van der Waals surface area contributed by atoms with Gasteiger partial charge in [-0.15, -0.1) is 0 Å². The molecule has 0 saturated carbocycles. The summed E-state index contributed by atoms with van der Waals surface area (Å²) in [6.07, 6.45) is 4.83. The lowest BCUT2D eigenvalue weighted by Gasteiger charge is -2.32. The molecular weight excluding hydrogens is 164 g/mol. The summed E-state index contributed by atoms with van der Waals surface area (Å²) in [5, 5.41) is 19.4. The molecule has 2 nitrogen and oxygen atoms in total. The van der Waals surface area contributed by atoms with E-state index >= 15 is 0 Å². The molecule has 0 radical (unpaired) electrons. The molecule has 0 unspecified atom stereocenters. The van der Waals surface area contributed by atoms with Crippen LogP contribution in [0.2, 0.25) is 0 Å². The summed E-state index contributed by atoms with van der Waals surface area (Å²) in [5.74, 6) is 0.813. The molecule has 2 N–H and O–H groups in total. The minimum atomic E-state index is -0.813. The van der Waals surface area contributed by atoms with Gasteiger partial charge in [-0.2, -0.15) is 0 Å². The van der Waals surface area contributed by atoms with Crippen LogP contribution in [0.1, 0.15) is 33.6 Å².